The predicted octanol–water partition coefficient (Wildman–Crippen LogP) is 6.30. The zero-order valence-corrected chi connectivity index (χ0v) is 20.7. The number of hydrogen-bond donors (Lipinski definition) is 4. The third-order valence-electron chi connectivity index (χ3n) is 7.13. The number of amides is 1. The normalized spacial score (nSPS) is 15.9. The summed E-state index contributed by atoms with van der Waals surface area (Å²) in [6.07, 6.45) is 6.60. The van der Waals surface area contributed by atoms with Gasteiger partial charge in [0.2, 0.25) is 0 Å². The van der Waals surface area contributed by atoms with E-state index in [-0.39, 0.29) is 22.9 Å². The molecular weight excluding hydrogens is 457 g/mol. The molecule has 2 aromatic carbocycles. The van der Waals surface area contributed by atoms with Crippen LogP contribution in [0.25, 0.3) is 0 Å². The Morgan fingerprint density at radius 1 is 1.11 bits per heavy atom. The molecule has 4 N–H and O–H groups in total. The number of aromatic nitrogens is 1. The van der Waals surface area contributed by atoms with Crippen molar-refractivity contribution in [3.05, 3.63) is 65.1 Å². The van der Waals surface area contributed by atoms with Gasteiger partial charge in [-0.1, -0.05) is 25.8 Å². The van der Waals surface area contributed by atoms with Crippen molar-refractivity contribution >= 4 is 34.5 Å². The minimum atomic E-state index is -0.524. The summed E-state index contributed by atoms with van der Waals surface area (Å²) in [6.45, 7) is 6.92. The largest absolute Gasteiger partial charge is 0.508 e. The van der Waals surface area contributed by atoms with Crippen molar-refractivity contribution < 1.29 is 14.3 Å². The highest BCUT2D eigenvalue weighted by atomic mass is 19.1. The second-order valence-corrected chi connectivity index (χ2v) is 9.79. The van der Waals surface area contributed by atoms with Gasteiger partial charge in [-0.2, -0.15) is 0 Å². The first kappa shape index (κ1) is 24.1. The highest BCUT2D eigenvalue weighted by Gasteiger charge is 2.25. The number of rotatable bonds is 6. The number of likely N-dealkylation sites (tertiary alicyclic amines) is 1. The van der Waals surface area contributed by atoms with Crippen LogP contribution in [0.3, 0.4) is 0 Å². The molecule has 2 aliphatic heterocycles. The molecule has 1 amide bonds. The maximum atomic E-state index is 14.5. The molecule has 188 valence electrons. The number of phenolic OH excluding ortho intramolecular Hbond substituents is 1. The van der Waals surface area contributed by atoms with E-state index in [4.69, 9.17) is 0 Å². The van der Waals surface area contributed by atoms with Crippen LogP contribution < -0.4 is 16.0 Å². The van der Waals surface area contributed by atoms with Gasteiger partial charge in [-0.05, 0) is 74.2 Å². The standard InChI is InChI=1S/C28H32FN5O2/c1-3-4-18-8-11-34(12-9-18)16-19-5-6-21-24(14-19)33-28(36)26-22(7-10-30-27(26)32-21)31-23-15-25(35)17(2)13-20(23)29/h5-7,10,13-15,18,35H,3-4,8-9,11-12,16H2,1-2H3,(H,33,36)(H2,30,31,32). The van der Waals surface area contributed by atoms with Crippen molar-refractivity contribution in [1.29, 1.82) is 0 Å². The van der Waals surface area contributed by atoms with Crippen LogP contribution in [0.2, 0.25) is 0 Å². The number of nitrogens with one attached hydrogen (secondary N) is 3. The molecule has 0 aliphatic carbocycles. The summed E-state index contributed by atoms with van der Waals surface area (Å²) >= 11 is 0. The van der Waals surface area contributed by atoms with E-state index >= 15 is 0 Å². The van der Waals surface area contributed by atoms with Gasteiger partial charge in [0.1, 0.15) is 22.9 Å². The maximum absolute atomic E-state index is 14.5. The summed E-state index contributed by atoms with van der Waals surface area (Å²) in [4.78, 5) is 20.1. The lowest BCUT2D eigenvalue weighted by Crippen LogP contribution is -2.33. The lowest BCUT2D eigenvalue weighted by molar-refractivity contribution is 0.102. The van der Waals surface area contributed by atoms with Gasteiger partial charge in [-0.3, -0.25) is 9.69 Å². The topological polar surface area (TPSA) is 89.5 Å². The number of pyridine rings is 1. The Labute approximate surface area is 210 Å². The quantitative estimate of drug-likeness (QED) is 0.325. The van der Waals surface area contributed by atoms with E-state index in [0.717, 1.165) is 36.8 Å². The molecule has 7 nitrogen and oxygen atoms in total. The molecule has 5 rings (SSSR count). The van der Waals surface area contributed by atoms with Crippen molar-refractivity contribution in [1.82, 2.24) is 9.88 Å². The van der Waals surface area contributed by atoms with Crippen LogP contribution in [0.4, 0.5) is 33.0 Å². The van der Waals surface area contributed by atoms with E-state index in [9.17, 15) is 14.3 Å². The minimum Gasteiger partial charge on any atom is -0.508 e. The van der Waals surface area contributed by atoms with Crippen LogP contribution in [0, 0.1) is 18.7 Å². The molecule has 0 radical (unpaired) electrons. The Kier molecular flexibility index (Phi) is 6.78. The van der Waals surface area contributed by atoms with Crippen molar-refractivity contribution in [3.8, 4) is 5.75 Å². The van der Waals surface area contributed by atoms with Crippen LogP contribution in [0.15, 0.2) is 42.6 Å². The average molecular weight is 490 g/mol. The first-order valence-corrected chi connectivity index (χ1v) is 12.6. The number of phenols is 1. The van der Waals surface area contributed by atoms with Gasteiger partial charge in [-0.15, -0.1) is 0 Å². The monoisotopic (exact) mass is 489 g/mol. The summed E-state index contributed by atoms with van der Waals surface area (Å²) in [6, 6.07) is 10.2. The Balaban J connectivity index is 1.35. The number of carbonyl (C=O) groups is 1. The van der Waals surface area contributed by atoms with Gasteiger partial charge in [0, 0.05) is 18.8 Å². The van der Waals surface area contributed by atoms with E-state index < -0.39 is 5.82 Å². The number of hydrogen-bond acceptors (Lipinski definition) is 6. The van der Waals surface area contributed by atoms with Crippen LogP contribution in [-0.2, 0) is 6.54 Å². The SMILES string of the molecule is CCCC1CCN(Cc2ccc3c(c2)NC(=O)c2c(Nc4cc(O)c(C)cc4F)ccnc2N3)CC1. The zero-order valence-electron chi connectivity index (χ0n) is 20.7. The summed E-state index contributed by atoms with van der Waals surface area (Å²) in [5.41, 5.74) is 3.73. The number of aryl methyl sites for hydroxylation is 1. The number of aromatic hydroxyl groups is 1. The third-order valence-corrected chi connectivity index (χ3v) is 7.13. The molecule has 1 fully saturated rings. The maximum Gasteiger partial charge on any atom is 0.261 e. The summed E-state index contributed by atoms with van der Waals surface area (Å²) in [5.74, 6) is 0.313. The molecule has 3 heterocycles. The number of nitrogens with zero attached hydrogens (tertiary/aromatic N) is 2. The third kappa shape index (κ3) is 4.99. The molecule has 36 heavy (non-hydrogen) atoms. The van der Waals surface area contributed by atoms with Crippen molar-refractivity contribution in [2.75, 3.05) is 29.0 Å². The van der Waals surface area contributed by atoms with Gasteiger partial charge in [0.05, 0.1) is 22.7 Å². The minimum absolute atomic E-state index is 0.0313. The highest BCUT2D eigenvalue weighted by Crippen LogP contribution is 2.37. The van der Waals surface area contributed by atoms with Crippen molar-refractivity contribution in [3.63, 3.8) is 0 Å². The smallest absolute Gasteiger partial charge is 0.261 e. The molecule has 0 atom stereocenters. The van der Waals surface area contributed by atoms with Crippen LogP contribution in [-0.4, -0.2) is 34.0 Å². The fourth-order valence-corrected chi connectivity index (χ4v) is 5.11. The summed E-state index contributed by atoms with van der Waals surface area (Å²) in [7, 11) is 0. The first-order chi connectivity index (χ1) is 17.4. The number of anilines is 5. The number of halogens is 1. The van der Waals surface area contributed by atoms with Crippen LogP contribution in [0.5, 0.6) is 5.75 Å². The lowest BCUT2D eigenvalue weighted by Gasteiger charge is -2.32. The number of carbonyl (C=O) groups excluding carboxylic acids is 1. The van der Waals surface area contributed by atoms with Gasteiger partial charge >= 0.3 is 0 Å². The Morgan fingerprint density at radius 2 is 1.92 bits per heavy atom. The predicted molar refractivity (Wildman–Crippen MR) is 141 cm³/mol. The van der Waals surface area contributed by atoms with Gasteiger partial charge in [-0.25, -0.2) is 9.37 Å². The van der Waals surface area contributed by atoms with Crippen LogP contribution >= 0.6 is 0 Å². The van der Waals surface area contributed by atoms with E-state index in [2.05, 4.69) is 38.8 Å². The molecule has 2 aliphatic rings. The van der Waals surface area contributed by atoms with Crippen molar-refractivity contribution in [2.45, 2.75) is 46.1 Å². The molecular formula is C28H32FN5O2. The number of piperidine rings is 1. The molecule has 0 bridgehead atoms. The molecule has 1 aromatic heterocycles. The fraction of sp³-hybridized carbons (Fsp3) is 0.357. The number of fused-ring (bicyclic) bond motifs is 2. The number of benzene rings is 2. The Morgan fingerprint density at radius 3 is 2.69 bits per heavy atom. The van der Waals surface area contributed by atoms with E-state index in [0.29, 0.717) is 22.8 Å². The molecule has 8 heteroatoms. The molecule has 0 spiro atoms. The van der Waals surface area contributed by atoms with Crippen molar-refractivity contribution in [2.24, 2.45) is 5.92 Å². The van der Waals surface area contributed by atoms with Gasteiger partial charge < -0.3 is 21.1 Å². The van der Waals surface area contributed by atoms with Crippen LogP contribution in [0.1, 0.15) is 54.1 Å². The molecule has 0 unspecified atom stereocenters. The zero-order chi connectivity index (χ0) is 25.2. The lowest BCUT2D eigenvalue weighted by atomic mass is 9.92. The van der Waals surface area contributed by atoms with E-state index in [1.807, 2.05) is 12.1 Å². The van der Waals surface area contributed by atoms with E-state index in [1.165, 1.54) is 37.8 Å². The molecule has 1 saturated heterocycles. The summed E-state index contributed by atoms with van der Waals surface area (Å²) in [5, 5.41) is 19.2. The molecule has 0 saturated carbocycles. The average Bonchev–Trinajstić information content (AvgIpc) is 2.99. The summed E-state index contributed by atoms with van der Waals surface area (Å²) < 4.78 is 14.5. The fourth-order valence-electron chi connectivity index (χ4n) is 5.11. The molecule has 3 aromatic rings. The van der Waals surface area contributed by atoms with Gasteiger partial charge in [0.15, 0.2) is 0 Å². The highest BCUT2D eigenvalue weighted by molar-refractivity contribution is 6.15. The van der Waals surface area contributed by atoms with E-state index in [1.54, 1.807) is 19.2 Å². The first-order valence-electron chi connectivity index (χ1n) is 12.6. The second kappa shape index (κ2) is 10.1. The Bertz CT molecular complexity index is 1290. The second-order valence-electron chi connectivity index (χ2n) is 9.79. The Hall–Kier alpha value is -3.65. The van der Waals surface area contributed by atoms with Gasteiger partial charge in [0.25, 0.3) is 5.91 Å².